The number of hydrogen-bond donors (Lipinski definition) is 1. The Morgan fingerprint density at radius 2 is 1.76 bits per heavy atom. The molecule has 2 rings (SSSR count). The van der Waals surface area contributed by atoms with Crippen molar-refractivity contribution in [3.8, 4) is 0 Å². The molecule has 2 N–H and O–H groups in total. The Morgan fingerprint density at radius 3 is 2.41 bits per heavy atom. The van der Waals surface area contributed by atoms with Gasteiger partial charge in [0.1, 0.15) is 0 Å². The average Bonchev–Trinajstić information content (AvgIpc) is 2.29. The summed E-state index contributed by atoms with van der Waals surface area (Å²) in [6, 6.07) is 16.6. The first-order valence-electron chi connectivity index (χ1n) is 5.77. The lowest BCUT2D eigenvalue weighted by Gasteiger charge is -2.20. The van der Waals surface area contributed by atoms with Crippen LogP contribution in [0.2, 0.25) is 0 Å². The van der Waals surface area contributed by atoms with Crippen LogP contribution in [0.1, 0.15) is 11.1 Å². The molecule has 2 heteroatoms. The molecule has 0 amide bonds. The zero-order chi connectivity index (χ0) is 12.3. The zero-order valence-electron chi connectivity index (χ0n) is 10.4. The van der Waals surface area contributed by atoms with Crippen molar-refractivity contribution in [2.45, 2.75) is 13.5 Å². The highest BCUT2D eigenvalue weighted by atomic mass is 15.1. The van der Waals surface area contributed by atoms with Gasteiger partial charge in [-0.15, -0.1) is 0 Å². The molecule has 88 valence electrons. The Kier molecular flexibility index (Phi) is 3.33. The third kappa shape index (κ3) is 3.00. The molecule has 0 fully saturated rings. The molecule has 17 heavy (non-hydrogen) atoms. The normalized spacial score (nSPS) is 10.2. The lowest BCUT2D eigenvalue weighted by atomic mass is 10.1. The summed E-state index contributed by atoms with van der Waals surface area (Å²) in [6.45, 7) is 2.96. The molecule has 0 saturated carbocycles. The number of nitrogens with two attached hydrogens (primary N) is 1. The summed E-state index contributed by atoms with van der Waals surface area (Å²) in [5, 5.41) is 0. The van der Waals surface area contributed by atoms with Crippen molar-refractivity contribution in [3.05, 3.63) is 59.7 Å². The van der Waals surface area contributed by atoms with Crippen LogP contribution in [-0.4, -0.2) is 7.05 Å². The zero-order valence-corrected chi connectivity index (χ0v) is 10.4. The van der Waals surface area contributed by atoms with Gasteiger partial charge in [-0.1, -0.05) is 30.3 Å². The topological polar surface area (TPSA) is 29.3 Å². The molecule has 2 nitrogen and oxygen atoms in total. The number of hydrogen-bond acceptors (Lipinski definition) is 2. The van der Waals surface area contributed by atoms with Crippen molar-refractivity contribution < 1.29 is 0 Å². The van der Waals surface area contributed by atoms with E-state index in [1.807, 2.05) is 18.2 Å². The van der Waals surface area contributed by atoms with Gasteiger partial charge in [0.05, 0.1) is 0 Å². The Labute approximate surface area is 103 Å². The van der Waals surface area contributed by atoms with Crippen LogP contribution in [0.4, 0.5) is 11.4 Å². The molecule has 0 radical (unpaired) electrons. The van der Waals surface area contributed by atoms with Crippen LogP contribution in [0.15, 0.2) is 48.5 Å². The summed E-state index contributed by atoms with van der Waals surface area (Å²) in [4.78, 5) is 2.21. The molecule has 2 aromatic carbocycles. The number of nitrogens with zero attached hydrogens (tertiary/aromatic N) is 1. The van der Waals surface area contributed by atoms with E-state index in [9.17, 15) is 0 Å². The minimum Gasteiger partial charge on any atom is -0.399 e. The second kappa shape index (κ2) is 4.91. The minimum absolute atomic E-state index is 0.819. The first-order valence-corrected chi connectivity index (χ1v) is 5.77. The van der Waals surface area contributed by atoms with Crippen LogP contribution in [0, 0.1) is 6.92 Å². The first-order chi connectivity index (χ1) is 8.15. The second-order valence-corrected chi connectivity index (χ2v) is 4.44. The molecule has 0 bridgehead atoms. The van der Waals surface area contributed by atoms with Crippen molar-refractivity contribution in [3.63, 3.8) is 0 Å². The Balaban J connectivity index is 2.17. The van der Waals surface area contributed by atoms with Gasteiger partial charge in [0.25, 0.3) is 0 Å². The van der Waals surface area contributed by atoms with Gasteiger partial charge in [-0.05, 0) is 36.2 Å². The number of anilines is 2. The third-order valence-electron chi connectivity index (χ3n) is 2.79. The smallest absolute Gasteiger partial charge is 0.0426 e. The van der Waals surface area contributed by atoms with E-state index in [4.69, 9.17) is 5.73 Å². The first kappa shape index (κ1) is 11.5. The highest BCUT2D eigenvalue weighted by Gasteiger charge is 2.03. The molecule has 2 aromatic rings. The molecule has 0 aliphatic heterocycles. The van der Waals surface area contributed by atoms with Crippen LogP contribution < -0.4 is 10.6 Å². The number of benzene rings is 2. The van der Waals surface area contributed by atoms with Crippen molar-refractivity contribution in [1.29, 1.82) is 0 Å². The Morgan fingerprint density at radius 1 is 1.06 bits per heavy atom. The van der Waals surface area contributed by atoms with Crippen molar-refractivity contribution in [1.82, 2.24) is 0 Å². The summed E-state index contributed by atoms with van der Waals surface area (Å²) in [5.74, 6) is 0. The summed E-state index contributed by atoms with van der Waals surface area (Å²) < 4.78 is 0. The molecular formula is C15H18N2. The maximum atomic E-state index is 5.86. The highest BCUT2D eigenvalue weighted by Crippen LogP contribution is 2.20. The summed E-state index contributed by atoms with van der Waals surface area (Å²) in [5.41, 5.74) is 10.3. The monoisotopic (exact) mass is 226 g/mol. The largest absolute Gasteiger partial charge is 0.399 e. The van der Waals surface area contributed by atoms with E-state index in [0.717, 1.165) is 17.9 Å². The quantitative estimate of drug-likeness (QED) is 0.814. The molecular weight excluding hydrogens is 208 g/mol. The van der Waals surface area contributed by atoms with E-state index in [0.29, 0.717) is 0 Å². The SMILES string of the molecule is Cc1cc(N)cc(N(C)Cc2ccccc2)c1. The van der Waals surface area contributed by atoms with Gasteiger partial charge in [0.15, 0.2) is 0 Å². The van der Waals surface area contributed by atoms with E-state index in [1.165, 1.54) is 11.1 Å². The molecule has 0 spiro atoms. The molecule has 0 saturated heterocycles. The number of nitrogen functional groups attached to an aromatic ring is 1. The lowest BCUT2D eigenvalue weighted by molar-refractivity contribution is 0.922. The van der Waals surface area contributed by atoms with Crippen LogP contribution in [0.3, 0.4) is 0 Å². The molecule has 0 aliphatic carbocycles. The van der Waals surface area contributed by atoms with Gasteiger partial charge in [-0.2, -0.15) is 0 Å². The van der Waals surface area contributed by atoms with Crippen LogP contribution in [0.5, 0.6) is 0 Å². The Bertz CT molecular complexity index is 471. The predicted molar refractivity (Wildman–Crippen MR) is 74.1 cm³/mol. The highest BCUT2D eigenvalue weighted by molar-refractivity contribution is 5.58. The predicted octanol–water partition coefficient (Wildman–Crippen LogP) is 3.21. The molecule has 0 aliphatic rings. The average molecular weight is 226 g/mol. The number of aryl methyl sites for hydroxylation is 1. The van der Waals surface area contributed by atoms with Crippen LogP contribution in [-0.2, 0) is 6.54 Å². The lowest BCUT2D eigenvalue weighted by Crippen LogP contribution is -2.16. The van der Waals surface area contributed by atoms with Crippen molar-refractivity contribution in [2.75, 3.05) is 17.7 Å². The maximum absolute atomic E-state index is 5.86. The molecule has 0 aromatic heterocycles. The van der Waals surface area contributed by atoms with Gasteiger partial charge in [-0.3, -0.25) is 0 Å². The van der Waals surface area contributed by atoms with E-state index < -0.39 is 0 Å². The van der Waals surface area contributed by atoms with E-state index in [2.05, 4.69) is 49.2 Å². The van der Waals surface area contributed by atoms with Gasteiger partial charge in [-0.25, -0.2) is 0 Å². The van der Waals surface area contributed by atoms with Gasteiger partial charge in [0, 0.05) is 25.0 Å². The fourth-order valence-corrected chi connectivity index (χ4v) is 1.96. The Hall–Kier alpha value is -1.96. The second-order valence-electron chi connectivity index (χ2n) is 4.44. The third-order valence-corrected chi connectivity index (χ3v) is 2.79. The van der Waals surface area contributed by atoms with E-state index in [1.54, 1.807) is 0 Å². The summed E-state index contributed by atoms with van der Waals surface area (Å²) in [7, 11) is 2.08. The minimum atomic E-state index is 0.819. The standard InChI is InChI=1S/C15H18N2/c1-12-8-14(16)10-15(9-12)17(2)11-13-6-4-3-5-7-13/h3-10H,11,16H2,1-2H3. The summed E-state index contributed by atoms with van der Waals surface area (Å²) >= 11 is 0. The van der Waals surface area contributed by atoms with E-state index >= 15 is 0 Å². The van der Waals surface area contributed by atoms with Crippen LogP contribution >= 0.6 is 0 Å². The summed E-state index contributed by atoms with van der Waals surface area (Å²) in [6.07, 6.45) is 0. The molecule has 0 atom stereocenters. The van der Waals surface area contributed by atoms with Crippen LogP contribution in [0.25, 0.3) is 0 Å². The fourth-order valence-electron chi connectivity index (χ4n) is 1.96. The van der Waals surface area contributed by atoms with Gasteiger partial charge >= 0.3 is 0 Å². The van der Waals surface area contributed by atoms with Crippen molar-refractivity contribution >= 4 is 11.4 Å². The molecule has 0 heterocycles. The van der Waals surface area contributed by atoms with E-state index in [-0.39, 0.29) is 0 Å². The van der Waals surface area contributed by atoms with Gasteiger partial charge in [0.2, 0.25) is 0 Å². The maximum Gasteiger partial charge on any atom is 0.0426 e. The van der Waals surface area contributed by atoms with Crippen molar-refractivity contribution in [2.24, 2.45) is 0 Å². The van der Waals surface area contributed by atoms with Gasteiger partial charge < -0.3 is 10.6 Å². The molecule has 0 unspecified atom stereocenters. The fraction of sp³-hybridized carbons (Fsp3) is 0.200. The number of rotatable bonds is 3.